The zero-order chi connectivity index (χ0) is 15.6. The third-order valence-corrected chi connectivity index (χ3v) is 2.84. The van der Waals surface area contributed by atoms with Crippen LogP contribution in [0.25, 0.3) is 11.3 Å². The Morgan fingerprint density at radius 1 is 0.864 bits per heavy atom. The van der Waals surface area contributed by atoms with Gasteiger partial charge in [-0.1, -0.05) is 6.07 Å². The lowest BCUT2D eigenvalue weighted by molar-refractivity contribution is 0.137. The molecular weight excluding hydrogens is 284 g/mol. The first-order valence-electron chi connectivity index (χ1n) is 7.01. The van der Waals surface area contributed by atoms with Gasteiger partial charge in [-0.25, -0.2) is 0 Å². The Kier molecular flexibility index (Phi) is 6.60. The highest BCUT2D eigenvalue weighted by Crippen LogP contribution is 2.29. The zero-order valence-corrected chi connectivity index (χ0v) is 12.8. The molecule has 0 aliphatic rings. The molecule has 2 aromatic heterocycles. The molecule has 6 nitrogen and oxygen atoms in total. The second kappa shape index (κ2) is 8.96. The van der Waals surface area contributed by atoms with Crippen molar-refractivity contribution in [1.29, 1.82) is 0 Å². The van der Waals surface area contributed by atoms with Crippen LogP contribution in [0.2, 0.25) is 0 Å². The Hall–Kier alpha value is -2.18. The van der Waals surface area contributed by atoms with Crippen molar-refractivity contribution in [2.75, 3.05) is 40.6 Å². The summed E-state index contributed by atoms with van der Waals surface area (Å²) in [5, 5.41) is 0. The smallest absolute Gasteiger partial charge is 0.226 e. The van der Waals surface area contributed by atoms with Crippen molar-refractivity contribution in [3.05, 3.63) is 36.5 Å². The van der Waals surface area contributed by atoms with E-state index in [4.69, 9.17) is 18.9 Å². The number of rotatable bonds is 9. The van der Waals surface area contributed by atoms with Gasteiger partial charge in [0.1, 0.15) is 13.2 Å². The second-order valence-electron chi connectivity index (χ2n) is 4.40. The predicted molar refractivity (Wildman–Crippen MR) is 82.2 cm³/mol. The van der Waals surface area contributed by atoms with Gasteiger partial charge < -0.3 is 18.9 Å². The molecule has 0 amide bonds. The molecule has 0 saturated carbocycles. The minimum atomic E-state index is 0.408. The minimum absolute atomic E-state index is 0.408. The fourth-order valence-electron chi connectivity index (χ4n) is 1.78. The van der Waals surface area contributed by atoms with Crippen LogP contribution in [0.4, 0.5) is 0 Å². The summed E-state index contributed by atoms with van der Waals surface area (Å²) < 4.78 is 21.2. The number of pyridine rings is 2. The van der Waals surface area contributed by atoms with Crippen LogP contribution in [-0.4, -0.2) is 50.6 Å². The lowest BCUT2D eigenvalue weighted by atomic mass is 10.2. The van der Waals surface area contributed by atoms with Gasteiger partial charge in [0.2, 0.25) is 11.8 Å². The molecule has 0 aliphatic carbocycles. The molecule has 0 radical (unpaired) electrons. The Balaban J connectivity index is 2.19. The van der Waals surface area contributed by atoms with Crippen molar-refractivity contribution in [1.82, 2.24) is 9.97 Å². The highest BCUT2D eigenvalue weighted by Gasteiger charge is 2.11. The maximum Gasteiger partial charge on any atom is 0.226 e. The Labute approximate surface area is 130 Å². The van der Waals surface area contributed by atoms with Crippen molar-refractivity contribution >= 4 is 0 Å². The first-order chi connectivity index (χ1) is 10.8. The second-order valence-corrected chi connectivity index (χ2v) is 4.40. The van der Waals surface area contributed by atoms with Crippen molar-refractivity contribution in [3.8, 4) is 23.0 Å². The normalized spacial score (nSPS) is 10.5. The number of aromatic nitrogens is 2. The van der Waals surface area contributed by atoms with E-state index in [-0.39, 0.29) is 0 Å². The molecule has 6 heteroatoms. The van der Waals surface area contributed by atoms with Crippen molar-refractivity contribution in [2.24, 2.45) is 0 Å². The van der Waals surface area contributed by atoms with E-state index in [0.29, 0.717) is 38.2 Å². The van der Waals surface area contributed by atoms with Crippen LogP contribution < -0.4 is 9.47 Å². The number of nitrogens with zero attached hydrogens (tertiary/aromatic N) is 2. The van der Waals surface area contributed by atoms with Gasteiger partial charge in [-0.2, -0.15) is 4.98 Å². The van der Waals surface area contributed by atoms with Gasteiger partial charge in [0.25, 0.3) is 0 Å². The fourth-order valence-corrected chi connectivity index (χ4v) is 1.78. The molecule has 22 heavy (non-hydrogen) atoms. The number of hydrogen-bond donors (Lipinski definition) is 0. The van der Waals surface area contributed by atoms with Gasteiger partial charge >= 0.3 is 0 Å². The SMILES string of the molecule is COCCOc1ccc(-c2ccccn2)c(OCCOC)n1. The maximum atomic E-state index is 5.69. The van der Waals surface area contributed by atoms with Crippen LogP contribution in [-0.2, 0) is 9.47 Å². The van der Waals surface area contributed by atoms with Gasteiger partial charge in [-0.3, -0.25) is 4.98 Å². The molecule has 0 saturated heterocycles. The molecule has 0 N–H and O–H groups in total. The first-order valence-corrected chi connectivity index (χ1v) is 7.01. The van der Waals surface area contributed by atoms with Crippen molar-refractivity contribution in [3.63, 3.8) is 0 Å². The van der Waals surface area contributed by atoms with Crippen LogP contribution in [0, 0.1) is 0 Å². The lowest BCUT2D eigenvalue weighted by Gasteiger charge is -2.12. The standard InChI is InChI=1S/C16H20N2O4/c1-19-9-11-21-15-7-6-13(14-5-3-4-8-17-14)16(18-15)22-12-10-20-2/h3-8H,9-12H2,1-2H3. The molecule has 2 rings (SSSR count). The summed E-state index contributed by atoms with van der Waals surface area (Å²) in [6.45, 7) is 1.83. The minimum Gasteiger partial charge on any atom is -0.475 e. The summed E-state index contributed by atoms with van der Waals surface area (Å²) in [5.74, 6) is 0.967. The lowest BCUT2D eigenvalue weighted by Crippen LogP contribution is -2.09. The van der Waals surface area contributed by atoms with Crippen LogP contribution >= 0.6 is 0 Å². The average molecular weight is 304 g/mol. The molecule has 2 heterocycles. The molecule has 0 spiro atoms. The summed E-state index contributed by atoms with van der Waals surface area (Å²) >= 11 is 0. The molecule has 2 aromatic rings. The average Bonchev–Trinajstić information content (AvgIpc) is 2.56. The van der Waals surface area contributed by atoms with Gasteiger partial charge in [0.15, 0.2) is 0 Å². The van der Waals surface area contributed by atoms with Crippen molar-refractivity contribution < 1.29 is 18.9 Å². The van der Waals surface area contributed by atoms with E-state index in [0.717, 1.165) is 11.3 Å². The molecule has 0 bridgehead atoms. The van der Waals surface area contributed by atoms with Crippen molar-refractivity contribution in [2.45, 2.75) is 0 Å². The van der Waals surface area contributed by atoms with E-state index in [1.165, 1.54) is 0 Å². The Morgan fingerprint density at radius 3 is 2.32 bits per heavy atom. The Morgan fingerprint density at radius 2 is 1.64 bits per heavy atom. The van der Waals surface area contributed by atoms with E-state index in [1.807, 2.05) is 24.3 Å². The largest absolute Gasteiger partial charge is 0.475 e. The quantitative estimate of drug-likeness (QED) is 0.662. The number of hydrogen-bond acceptors (Lipinski definition) is 6. The van der Waals surface area contributed by atoms with E-state index in [1.54, 1.807) is 26.5 Å². The van der Waals surface area contributed by atoms with E-state index >= 15 is 0 Å². The summed E-state index contributed by atoms with van der Waals surface area (Å²) in [5.41, 5.74) is 1.61. The number of methoxy groups -OCH3 is 2. The maximum absolute atomic E-state index is 5.69. The van der Waals surface area contributed by atoms with Gasteiger partial charge in [-0.05, 0) is 18.2 Å². The van der Waals surface area contributed by atoms with Crippen LogP contribution in [0.1, 0.15) is 0 Å². The van der Waals surface area contributed by atoms with E-state index < -0.39 is 0 Å². The topological polar surface area (TPSA) is 62.7 Å². The summed E-state index contributed by atoms with van der Waals surface area (Å²) in [6.07, 6.45) is 1.73. The molecule has 118 valence electrons. The van der Waals surface area contributed by atoms with E-state index in [9.17, 15) is 0 Å². The number of ether oxygens (including phenoxy) is 4. The van der Waals surface area contributed by atoms with Gasteiger partial charge in [0.05, 0.1) is 24.5 Å². The Bertz CT molecular complexity index is 563. The van der Waals surface area contributed by atoms with Crippen LogP contribution in [0.15, 0.2) is 36.5 Å². The van der Waals surface area contributed by atoms with Crippen LogP contribution in [0.5, 0.6) is 11.8 Å². The fraction of sp³-hybridized carbons (Fsp3) is 0.375. The van der Waals surface area contributed by atoms with Crippen LogP contribution in [0.3, 0.4) is 0 Å². The zero-order valence-electron chi connectivity index (χ0n) is 12.8. The molecule has 0 aliphatic heterocycles. The summed E-state index contributed by atoms with van der Waals surface area (Å²) in [6, 6.07) is 9.38. The summed E-state index contributed by atoms with van der Waals surface area (Å²) in [7, 11) is 3.25. The highest BCUT2D eigenvalue weighted by molar-refractivity contribution is 5.65. The summed E-state index contributed by atoms with van der Waals surface area (Å²) in [4.78, 5) is 8.73. The first kappa shape index (κ1) is 16.2. The monoisotopic (exact) mass is 304 g/mol. The highest BCUT2D eigenvalue weighted by atomic mass is 16.5. The molecule has 0 fully saturated rings. The van der Waals surface area contributed by atoms with Gasteiger partial charge in [-0.15, -0.1) is 0 Å². The van der Waals surface area contributed by atoms with Gasteiger partial charge in [0, 0.05) is 26.5 Å². The van der Waals surface area contributed by atoms with E-state index in [2.05, 4.69) is 9.97 Å². The third kappa shape index (κ3) is 4.68. The molecule has 0 aromatic carbocycles. The predicted octanol–water partition coefficient (Wildman–Crippen LogP) is 2.19. The molecule has 0 unspecified atom stereocenters. The molecular formula is C16H20N2O4. The molecule has 0 atom stereocenters. The third-order valence-electron chi connectivity index (χ3n) is 2.84.